The Balaban J connectivity index is 2.28. The van der Waals surface area contributed by atoms with Gasteiger partial charge in [0.25, 0.3) is 5.91 Å². The SMILES string of the molecule is Cc1nc(Cl)ccc1NC(=O)c1cc(N)cnc1C. The largest absolute Gasteiger partial charge is 0.397 e. The van der Waals surface area contributed by atoms with Crippen LogP contribution >= 0.6 is 11.6 Å². The van der Waals surface area contributed by atoms with E-state index in [0.29, 0.717) is 33.5 Å². The molecule has 0 unspecified atom stereocenters. The molecule has 98 valence electrons. The molecule has 0 aromatic carbocycles. The van der Waals surface area contributed by atoms with Crippen molar-refractivity contribution in [3.63, 3.8) is 0 Å². The van der Waals surface area contributed by atoms with E-state index in [1.807, 2.05) is 0 Å². The number of aromatic nitrogens is 2. The molecule has 19 heavy (non-hydrogen) atoms. The quantitative estimate of drug-likeness (QED) is 0.826. The second-order valence-corrected chi connectivity index (χ2v) is 4.51. The number of nitrogens with zero attached hydrogens (tertiary/aromatic N) is 2. The minimum Gasteiger partial charge on any atom is -0.397 e. The highest BCUT2D eigenvalue weighted by atomic mass is 35.5. The van der Waals surface area contributed by atoms with E-state index in [1.165, 1.54) is 6.20 Å². The monoisotopic (exact) mass is 276 g/mol. The molecule has 5 nitrogen and oxygen atoms in total. The number of rotatable bonds is 2. The average Bonchev–Trinajstić information content (AvgIpc) is 2.35. The topological polar surface area (TPSA) is 80.9 Å². The van der Waals surface area contributed by atoms with E-state index in [2.05, 4.69) is 15.3 Å². The van der Waals surface area contributed by atoms with Crippen molar-refractivity contribution in [1.29, 1.82) is 0 Å². The number of nitrogen functional groups attached to an aromatic ring is 1. The Hall–Kier alpha value is -2.14. The number of halogens is 1. The van der Waals surface area contributed by atoms with Gasteiger partial charge >= 0.3 is 0 Å². The van der Waals surface area contributed by atoms with Crippen LogP contribution in [0, 0.1) is 13.8 Å². The summed E-state index contributed by atoms with van der Waals surface area (Å²) in [5, 5.41) is 3.15. The van der Waals surface area contributed by atoms with Gasteiger partial charge in [-0.1, -0.05) is 11.6 Å². The van der Waals surface area contributed by atoms with Gasteiger partial charge in [-0.3, -0.25) is 9.78 Å². The maximum Gasteiger partial charge on any atom is 0.257 e. The van der Waals surface area contributed by atoms with E-state index in [-0.39, 0.29) is 5.91 Å². The van der Waals surface area contributed by atoms with E-state index in [9.17, 15) is 4.79 Å². The summed E-state index contributed by atoms with van der Waals surface area (Å²) in [7, 11) is 0. The molecule has 0 atom stereocenters. The lowest BCUT2D eigenvalue weighted by Crippen LogP contribution is -2.15. The van der Waals surface area contributed by atoms with Gasteiger partial charge in [-0.25, -0.2) is 4.98 Å². The molecule has 2 aromatic rings. The van der Waals surface area contributed by atoms with Crippen LogP contribution in [-0.2, 0) is 0 Å². The highest BCUT2D eigenvalue weighted by Crippen LogP contribution is 2.18. The zero-order chi connectivity index (χ0) is 14.0. The first-order chi connectivity index (χ1) is 8.97. The highest BCUT2D eigenvalue weighted by Gasteiger charge is 2.12. The molecular weight excluding hydrogens is 264 g/mol. The van der Waals surface area contributed by atoms with Gasteiger partial charge < -0.3 is 11.1 Å². The average molecular weight is 277 g/mol. The Labute approximate surface area is 115 Å². The fraction of sp³-hybridized carbons (Fsp3) is 0.154. The van der Waals surface area contributed by atoms with E-state index in [1.54, 1.807) is 32.0 Å². The normalized spacial score (nSPS) is 10.3. The molecule has 0 fully saturated rings. The number of carbonyl (C=O) groups excluding carboxylic acids is 1. The summed E-state index contributed by atoms with van der Waals surface area (Å²) in [6.07, 6.45) is 1.52. The number of nitrogens with two attached hydrogens (primary N) is 1. The van der Waals surface area contributed by atoms with E-state index < -0.39 is 0 Å². The molecule has 1 amide bonds. The first-order valence-corrected chi connectivity index (χ1v) is 6.02. The first-order valence-electron chi connectivity index (χ1n) is 5.64. The molecule has 2 rings (SSSR count). The molecule has 2 heterocycles. The standard InChI is InChI=1S/C13H13ClN4O/c1-7-10(5-9(15)6-16-7)13(19)18-11-3-4-12(14)17-8(11)2/h3-6H,15H2,1-2H3,(H,18,19). The minimum atomic E-state index is -0.274. The van der Waals surface area contributed by atoms with Gasteiger partial charge in [-0.05, 0) is 32.0 Å². The molecule has 0 aliphatic carbocycles. The van der Waals surface area contributed by atoms with Gasteiger partial charge in [0.05, 0.1) is 34.5 Å². The van der Waals surface area contributed by atoms with Crippen molar-refractivity contribution in [1.82, 2.24) is 9.97 Å². The lowest BCUT2D eigenvalue weighted by molar-refractivity contribution is 0.102. The second kappa shape index (κ2) is 5.24. The van der Waals surface area contributed by atoms with Gasteiger partial charge in [0.2, 0.25) is 0 Å². The lowest BCUT2D eigenvalue weighted by atomic mass is 10.1. The molecule has 0 radical (unpaired) electrons. The van der Waals surface area contributed by atoms with Crippen LogP contribution in [0.1, 0.15) is 21.7 Å². The number of carbonyl (C=O) groups is 1. The van der Waals surface area contributed by atoms with Crippen LogP contribution in [0.3, 0.4) is 0 Å². The number of hydrogen-bond acceptors (Lipinski definition) is 4. The van der Waals surface area contributed by atoms with Crippen LogP contribution in [0.5, 0.6) is 0 Å². The van der Waals surface area contributed by atoms with Crippen molar-refractivity contribution in [3.05, 3.63) is 46.5 Å². The zero-order valence-corrected chi connectivity index (χ0v) is 11.3. The summed E-state index contributed by atoms with van der Waals surface area (Å²) in [4.78, 5) is 20.3. The van der Waals surface area contributed by atoms with Crippen LogP contribution in [0.2, 0.25) is 5.15 Å². The summed E-state index contributed by atoms with van der Waals surface area (Å²) in [6, 6.07) is 4.92. The Morgan fingerprint density at radius 2 is 2.05 bits per heavy atom. The van der Waals surface area contributed by atoms with E-state index in [0.717, 1.165) is 0 Å². The molecule has 3 N–H and O–H groups in total. The van der Waals surface area contributed by atoms with Gasteiger partial charge in [0.15, 0.2) is 0 Å². The molecule has 0 saturated carbocycles. The summed E-state index contributed by atoms with van der Waals surface area (Å²) >= 11 is 5.77. The summed E-state index contributed by atoms with van der Waals surface area (Å²) in [5.74, 6) is -0.274. The Bertz CT molecular complexity index is 643. The Morgan fingerprint density at radius 3 is 2.74 bits per heavy atom. The van der Waals surface area contributed by atoms with Gasteiger partial charge in [-0.2, -0.15) is 0 Å². The molecule has 2 aromatic heterocycles. The van der Waals surface area contributed by atoms with Crippen molar-refractivity contribution >= 4 is 28.9 Å². The number of aryl methyl sites for hydroxylation is 2. The van der Waals surface area contributed by atoms with Crippen molar-refractivity contribution < 1.29 is 4.79 Å². The molecule has 0 bridgehead atoms. The third kappa shape index (κ3) is 3.00. The molecular formula is C13H13ClN4O. The zero-order valence-electron chi connectivity index (χ0n) is 10.6. The van der Waals surface area contributed by atoms with Gasteiger partial charge in [-0.15, -0.1) is 0 Å². The van der Waals surface area contributed by atoms with Crippen molar-refractivity contribution in [2.24, 2.45) is 0 Å². The maximum atomic E-state index is 12.2. The van der Waals surface area contributed by atoms with Gasteiger partial charge in [0.1, 0.15) is 5.15 Å². The highest BCUT2D eigenvalue weighted by molar-refractivity contribution is 6.29. The van der Waals surface area contributed by atoms with Crippen molar-refractivity contribution in [3.8, 4) is 0 Å². The number of anilines is 2. The lowest BCUT2D eigenvalue weighted by Gasteiger charge is -2.09. The molecule has 6 heteroatoms. The molecule has 0 aliphatic rings. The van der Waals surface area contributed by atoms with Crippen LogP contribution in [0.15, 0.2) is 24.4 Å². The number of nitrogens with one attached hydrogen (secondary N) is 1. The summed E-state index contributed by atoms with van der Waals surface area (Å²) in [6.45, 7) is 3.52. The smallest absolute Gasteiger partial charge is 0.257 e. The van der Waals surface area contributed by atoms with Crippen LogP contribution in [-0.4, -0.2) is 15.9 Å². The van der Waals surface area contributed by atoms with E-state index >= 15 is 0 Å². The molecule has 0 saturated heterocycles. The van der Waals surface area contributed by atoms with Crippen molar-refractivity contribution in [2.75, 3.05) is 11.1 Å². The van der Waals surface area contributed by atoms with Crippen LogP contribution in [0.25, 0.3) is 0 Å². The second-order valence-electron chi connectivity index (χ2n) is 4.12. The first kappa shape index (κ1) is 13.3. The molecule has 0 spiro atoms. The number of pyridine rings is 2. The fourth-order valence-electron chi connectivity index (χ4n) is 1.63. The third-order valence-electron chi connectivity index (χ3n) is 2.65. The van der Waals surface area contributed by atoms with Crippen LogP contribution < -0.4 is 11.1 Å². The van der Waals surface area contributed by atoms with Crippen molar-refractivity contribution in [2.45, 2.75) is 13.8 Å². The number of amides is 1. The predicted molar refractivity (Wildman–Crippen MR) is 75.3 cm³/mol. The molecule has 0 aliphatic heterocycles. The summed E-state index contributed by atoms with van der Waals surface area (Å²) < 4.78 is 0. The minimum absolute atomic E-state index is 0.274. The Kier molecular flexibility index (Phi) is 3.66. The number of hydrogen-bond donors (Lipinski definition) is 2. The Morgan fingerprint density at radius 1 is 1.32 bits per heavy atom. The van der Waals surface area contributed by atoms with Gasteiger partial charge in [0, 0.05) is 0 Å². The van der Waals surface area contributed by atoms with Crippen LogP contribution in [0.4, 0.5) is 11.4 Å². The summed E-state index contributed by atoms with van der Waals surface area (Å²) in [5.41, 5.74) is 8.39. The maximum absolute atomic E-state index is 12.2. The third-order valence-corrected chi connectivity index (χ3v) is 2.86. The fourth-order valence-corrected chi connectivity index (χ4v) is 1.82. The predicted octanol–water partition coefficient (Wildman–Crippen LogP) is 2.58. The van der Waals surface area contributed by atoms with E-state index in [4.69, 9.17) is 17.3 Å².